The third kappa shape index (κ3) is 4.53. The molecule has 1 N–H and O–H groups in total. The smallest absolute Gasteiger partial charge is 0.250 e. The van der Waals surface area contributed by atoms with Gasteiger partial charge in [0.1, 0.15) is 4.21 Å². The third-order valence-electron chi connectivity index (χ3n) is 2.01. The van der Waals surface area contributed by atoms with Crippen LogP contribution in [0.4, 0.5) is 0 Å². The summed E-state index contributed by atoms with van der Waals surface area (Å²) in [5, 5.41) is 0. The number of hydrogen-bond donors (Lipinski definition) is 1. The van der Waals surface area contributed by atoms with Crippen LogP contribution in [-0.2, 0) is 19.5 Å². The van der Waals surface area contributed by atoms with Crippen LogP contribution in [0.2, 0.25) is 4.34 Å². The molecule has 0 saturated carbocycles. The van der Waals surface area contributed by atoms with Crippen molar-refractivity contribution in [1.29, 1.82) is 0 Å². The molecule has 0 amide bonds. The van der Waals surface area contributed by atoms with Gasteiger partial charge >= 0.3 is 0 Å². The number of methoxy groups -OCH3 is 2. The van der Waals surface area contributed by atoms with Crippen molar-refractivity contribution >= 4 is 33.0 Å². The van der Waals surface area contributed by atoms with Gasteiger partial charge in [-0.05, 0) is 12.1 Å². The summed E-state index contributed by atoms with van der Waals surface area (Å²) in [7, 11) is -0.475. The molecule has 98 valence electrons. The Kier molecular flexibility index (Phi) is 5.84. The van der Waals surface area contributed by atoms with Gasteiger partial charge in [-0.2, -0.15) is 0 Å². The average molecular weight is 300 g/mol. The molecule has 1 aromatic heterocycles. The standard InChI is InChI=1S/C9H14ClNO4S2/c1-14-8(15-2)5-6-11-17(12,13)9-4-3-7(10)16-9/h3-4,8,11H,5-6H2,1-2H3. The van der Waals surface area contributed by atoms with Crippen LogP contribution in [0.15, 0.2) is 16.3 Å². The Morgan fingerprint density at radius 1 is 1.41 bits per heavy atom. The first kappa shape index (κ1) is 14.9. The van der Waals surface area contributed by atoms with E-state index in [0.717, 1.165) is 11.3 Å². The van der Waals surface area contributed by atoms with Gasteiger partial charge in [0.25, 0.3) is 0 Å². The first-order valence-corrected chi connectivity index (χ1v) is 7.48. The molecule has 0 aromatic carbocycles. The number of nitrogens with one attached hydrogen (secondary N) is 1. The molecule has 8 heteroatoms. The lowest BCUT2D eigenvalue weighted by atomic mass is 10.4. The van der Waals surface area contributed by atoms with E-state index in [2.05, 4.69) is 4.72 Å². The van der Waals surface area contributed by atoms with Crippen molar-refractivity contribution in [2.24, 2.45) is 0 Å². The van der Waals surface area contributed by atoms with Gasteiger partial charge in [0, 0.05) is 27.2 Å². The molecule has 0 saturated heterocycles. The molecule has 1 rings (SSSR count). The predicted molar refractivity (Wildman–Crippen MR) is 66.9 cm³/mol. The molecule has 0 aliphatic heterocycles. The van der Waals surface area contributed by atoms with E-state index < -0.39 is 16.3 Å². The first-order chi connectivity index (χ1) is 7.99. The predicted octanol–water partition coefficient (Wildman–Crippen LogP) is 1.69. The van der Waals surface area contributed by atoms with E-state index in [1.807, 2.05) is 0 Å². The molecule has 1 aromatic rings. The van der Waals surface area contributed by atoms with Crippen LogP contribution >= 0.6 is 22.9 Å². The number of ether oxygens (including phenoxy) is 2. The zero-order valence-electron chi connectivity index (χ0n) is 9.47. The largest absolute Gasteiger partial charge is 0.356 e. The van der Waals surface area contributed by atoms with Gasteiger partial charge < -0.3 is 9.47 Å². The van der Waals surface area contributed by atoms with Gasteiger partial charge in [-0.15, -0.1) is 11.3 Å². The number of halogens is 1. The average Bonchev–Trinajstić information content (AvgIpc) is 2.72. The molecule has 5 nitrogen and oxygen atoms in total. The van der Waals surface area contributed by atoms with Crippen LogP contribution in [0.1, 0.15) is 6.42 Å². The maximum Gasteiger partial charge on any atom is 0.250 e. The van der Waals surface area contributed by atoms with Crippen LogP contribution in [0, 0.1) is 0 Å². The summed E-state index contributed by atoms with van der Waals surface area (Å²) >= 11 is 6.70. The molecule has 0 fully saturated rings. The zero-order valence-corrected chi connectivity index (χ0v) is 11.9. The third-order valence-corrected chi connectivity index (χ3v) is 5.20. The van der Waals surface area contributed by atoms with Crippen LogP contribution < -0.4 is 4.72 Å². The highest BCUT2D eigenvalue weighted by Gasteiger charge is 2.16. The maximum absolute atomic E-state index is 11.8. The Labute approximate surface area is 110 Å². The van der Waals surface area contributed by atoms with Gasteiger partial charge in [-0.3, -0.25) is 0 Å². The van der Waals surface area contributed by atoms with Crippen molar-refractivity contribution in [3.05, 3.63) is 16.5 Å². The highest BCUT2D eigenvalue weighted by molar-refractivity contribution is 7.91. The Morgan fingerprint density at radius 3 is 2.53 bits per heavy atom. The molecule has 0 spiro atoms. The monoisotopic (exact) mass is 299 g/mol. The minimum absolute atomic E-state index is 0.203. The van der Waals surface area contributed by atoms with Gasteiger partial charge in [0.2, 0.25) is 10.0 Å². The van der Waals surface area contributed by atoms with Crippen LogP contribution in [-0.4, -0.2) is 35.5 Å². The fraction of sp³-hybridized carbons (Fsp3) is 0.556. The second-order valence-electron chi connectivity index (χ2n) is 3.15. The molecule has 0 radical (unpaired) electrons. The SMILES string of the molecule is COC(CCNS(=O)(=O)c1ccc(Cl)s1)OC. The lowest BCUT2D eigenvalue weighted by molar-refractivity contribution is -0.104. The normalized spacial score (nSPS) is 12.2. The summed E-state index contributed by atoms with van der Waals surface area (Å²) in [4.78, 5) is 0. The lowest BCUT2D eigenvalue weighted by Gasteiger charge is -2.13. The molecule has 0 aliphatic carbocycles. The van der Waals surface area contributed by atoms with Gasteiger partial charge in [0.15, 0.2) is 6.29 Å². The van der Waals surface area contributed by atoms with Crippen molar-refractivity contribution in [2.75, 3.05) is 20.8 Å². The Morgan fingerprint density at radius 2 is 2.06 bits per heavy atom. The van der Waals surface area contributed by atoms with Crippen LogP contribution in [0.25, 0.3) is 0 Å². The van der Waals surface area contributed by atoms with Crippen molar-refractivity contribution in [2.45, 2.75) is 16.9 Å². The molecule has 1 heterocycles. The molecular formula is C9H14ClNO4S2. The van der Waals surface area contributed by atoms with Crippen molar-refractivity contribution in [1.82, 2.24) is 4.72 Å². The van der Waals surface area contributed by atoms with Gasteiger partial charge in [-0.25, -0.2) is 13.1 Å². The highest BCUT2D eigenvalue weighted by atomic mass is 35.5. The van der Waals surface area contributed by atoms with E-state index >= 15 is 0 Å². The zero-order chi connectivity index (χ0) is 12.9. The fourth-order valence-corrected chi connectivity index (χ4v) is 3.73. The Bertz CT molecular complexity index is 442. The van der Waals surface area contributed by atoms with E-state index in [9.17, 15) is 8.42 Å². The van der Waals surface area contributed by atoms with Gasteiger partial charge in [0.05, 0.1) is 4.34 Å². The number of rotatable bonds is 7. The van der Waals surface area contributed by atoms with E-state index in [-0.39, 0.29) is 10.8 Å². The van der Waals surface area contributed by atoms with Crippen molar-refractivity contribution in [3.8, 4) is 0 Å². The lowest BCUT2D eigenvalue weighted by Crippen LogP contribution is -2.28. The number of hydrogen-bond acceptors (Lipinski definition) is 5. The van der Waals surface area contributed by atoms with E-state index in [4.69, 9.17) is 21.1 Å². The van der Waals surface area contributed by atoms with E-state index in [1.54, 1.807) is 6.07 Å². The Balaban J connectivity index is 2.51. The summed E-state index contributed by atoms with van der Waals surface area (Å²) in [6.45, 7) is 0.240. The quantitative estimate of drug-likeness (QED) is 0.778. The summed E-state index contributed by atoms with van der Waals surface area (Å²) in [5.74, 6) is 0. The molecule has 0 unspecified atom stereocenters. The summed E-state index contributed by atoms with van der Waals surface area (Å²) < 4.78 is 36.5. The number of thiophene rings is 1. The minimum atomic E-state index is -3.48. The van der Waals surface area contributed by atoms with Crippen molar-refractivity contribution < 1.29 is 17.9 Å². The molecule has 0 atom stereocenters. The Hall–Kier alpha value is -0.180. The molecule has 17 heavy (non-hydrogen) atoms. The molecular weight excluding hydrogens is 286 g/mol. The second kappa shape index (κ2) is 6.67. The minimum Gasteiger partial charge on any atom is -0.356 e. The van der Waals surface area contributed by atoms with Crippen LogP contribution in [0.3, 0.4) is 0 Å². The second-order valence-corrected chi connectivity index (χ2v) is 6.85. The molecule has 0 aliphatic rings. The maximum atomic E-state index is 11.8. The summed E-state index contributed by atoms with van der Waals surface area (Å²) in [6.07, 6.45) is 0.0235. The van der Waals surface area contributed by atoms with Crippen LogP contribution in [0.5, 0.6) is 0 Å². The fourth-order valence-electron chi connectivity index (χ4n) is 1.16. The topological polar surface area (TPSA) is 64.6 Å². The van der Waals surface area contributed by atoms with E-state index in [1.165, 1.54) is 20.3 Å². The first-order valence-electron chi connectivity index (χ1n) is 4.80. The summed E-state index contributed by atoms with van der Waals surface area (Å²) in [6, 6.07) is 3.02. The van der Waals surface area contributed by atoms with E-state index in [0.29, 0.717) is 10.8 Å². The summed E-state index contributed by atoms with van der Waals surface area (Å²) in [5.41, 5.74) is 0. The number of sulfonamides is 1. The van der Waals surface area contributed by atoms with Gasteiger partial charge in [-0.1, -0.05) is 11.6 Å². The highest BCUT2D eigenvalue weighted by Crippen LogP contribution is 2.25. The van der Waals surface area contributed by atoms with Crippen molar-refractivity contribution in [3.63, 3.8) is 0 Å². The molecule has 0 bridgehead atoms.